The van der Waals surface area contributed by atoms with Gasteiger partial charge in [-0.15, -0.1) is 0 Å². The van der Waals surface area contributed by atoms with Crippen LogP contribution in [0.5, 0.6) is 0 Å². The Bertz CT molecular complexity index is 749. The smallest absolute Gasteiger partial charge is 0.390 e. The summed E-state index contributed by atoms with van der Waals surface area (Å²) in [6.07, 6.45) is -0.567. The maximum absolute atomic E-state index is 13.1. The molecule has 4 rings (SSSR count). The minimum Gasteiger partial charge on any atom is -0.390 e. The van der Waals surface area contributed by atoms with Crippen LogP contribution in [0.25, 0.3) is 0 Å². The van der Waals surface area contributed by atoms with Crippen molar-refractivity contribution in [3.8, 4) is 0 Å². The summed E-state index contributed by atoms with van der Waals surface area (Å²) >= 11 is 0. The number of nitrogens with zero attached hydrogens (tertiary/aromatic N) is 1. The summed E-state index contributed by atoms with van der Waals surface area (Å²) < 4.78 is 39.2. The third-order valence-corrected chi connectivity index (χ3v) is 6.79. The Morgan fingerprint density at radius 2 is 1.85 bits per heavy atom. The molecule has 1 aromatic carbocycles. The first-order valence-corrected chi connectivity index (χ1v) is 9.65. The van der Waals surface area contributed by atoms with Gasteiger partial charge in [0.15, 0.2) is 0 Å². The molecule has 1 saturated heterocycles. The van der Waals surface area contributed by atoms with Crippen LogP contribution < -0.4 is 0 Å². The largest absolute Gasteiger partial charge is 0.416 e. The summed E-state index contributed by atoms with van der Waals surface area (Å²) in [5.41, 5.74) is 0.0860. The number of halogens is 3. The minimum atomic E-state index is -4.30. The Morgan fingerprint density at radius 3 is 2.41 bits per heavy atom. The second-order valence-corrected chi connectivity index (χ2v) is 9.36. The van der Waals surface area contributed by atoms with Crippen LogP contribution in [-0.4, -0.2) is 34.6 Å². The van der Waals surface area contributed by atoms with E-state index < -0.39 is 17.3 Å². The number of alkyl halides is 3. The van der Waals surface area contributed by atoms with E-state index in [0.717, 1.165) is 37.6 Å². The molecule has 3 fully saturated rings. The van der Waals surface area contributed by atoms with Gasteiger partial charge in [-0.3, -0.25) is 4.79 Å². The second-order valence-electron chi connectivity index (χ2n) is 9.36. The molecule has 0 radical (unpaired) electrons. The molecule has 6 heteroatoms. The van der Waals surface area contributed by atoms with Gasteiger partial charge in [0.2, 0.25) is 5.91 Å². The highest BCUT2D eigenvalue weighted by molar-refractivity contribution is 5.81. The molecular formula is C21H26F3NO2. The summed E-state index contributed by atoms with van der Waals surface area (Å²) in [5.74, 6) is 0.513. The Morgan fingerprint density at radius 1 is 1.22 bits per heavy atom. The van der Waals surface area contributed by atoms with E-state index in [2.05, 4.69) is 0 Å². The predicted molar refractivity (Wildman–Crippen MR) is 95.0 cm³/mol. The molecule has 1 spiro atoms. The highest BCUT2D eigenvalue weighted by Crippen LogP contribution is 2.54. The third-order valence-electron chi connectivity index (χ3n) is 6.79. The second kappa shape index (κ2) is 5.97. The molecule has 2 saturated carbocycles. The van der Waals surface area contributed by atoms with Crippen molar-refractivity contribution in [3.63, 3.8) is 0 Å². The fraction of sp³-hybridized carbons (Fsp3) is 0.667. The van der Waals surface area contributed by atoms with E-state index in [4.69, 9.17) is 0 Å². The number of hydrogen-bond donors (Lipinski definition) is 1. The van der Waals surface area contributed by atoms with Gasteiger partial charge in [0.25, 0.3) is 0 Å². The molecule has 1 N–H and O–H groups in total. The number of likely N-dealkylation sites (tertiary alicyclic amines) is 1. The average molecular weight is 381 g/mol. The Balaban J connectivity index is 1.29. The molecule has 0 atom stereocenters. The van der Waals surface area contributed by atoms with E-state index in [1.54, 1.807) is 19.9 Å². The van der Waals surface area contributed by atoms with Gasteiger partial charge in [0.1, 0.15) is 0 Å². The van der Waals surface area contributed by atoms with Crippen molar-refractivity contribution in [2.24, 2.45) is 17.3 Å². The van der Waals surface area contributed by atoms with Crippen LogP contribution in [0.15, 0.2) is 18.2 Å². The quantitative estimate of drug-likeness (QED) is 0.861. The zero-order valence-corrected chi connectivity index (χ0v) is 15.8. The van der Waals surface area contributed by atoms with Crippen LogP contribution in [0.4, 0.5) is 13.2 Å². The highest BCUT2D eigenvalue weighted by atomic mass is 19.4. The first-order valence-electron chi connectivity index (χ1n) is 9.65. The lowest BCUT2D eigenvalue weighted by Crippen LogP contribution is -2.66. The van der Waals surface area contributed by atoms with Gasteiger partial charge in [-0.25, -0.2) is 0 Å². The maximum atomic E-state index is 13.1. The molecule has 0 aromatic heterocycles. The van der Waals surface area contributed by atoms with Crippen LogP contribution in [-0.2, 0) is 17.4 Å². The summed E-state index contributed by atoms with van der Waals surface area (Å²) in [6, 6.07) is 4.44. The molecule has 3 nitrogen and oxygen atoms in total. The molecule has 1 amide bonds. The van der Waals surface area contributed by atoms with Crippen LogP contribution in [0, 0.1) is 24.2 Å². The number of amides is 1. The lowest BCUT2D eigenvalue weighted by atomic mass is 9.56. The fourth-order valence-corrected chi connectivity index (χ4v) is 5.44. The van der Waals surface area contributed by atoms with Gasteiger partial charge in [-0.05, 0) is 69.1 Å². The molecule has 1 heterocycles. The molecule has 2 aliphatic carbocycles. The molecular weight excluding hydrogens is 355 g/mol. The highest BCUT2D eigenvalue weighted by Gasteiger charge is 2.55. The van der Waals surface area contributed by atoms with E-state index in [-0.39, 0.29) is 17.2 Å². The van der Waals surface area contributed by atoms with Gasteiger partial charge in [-0.1, -0.05) is 12.1 Å². The molecule has 0 bridgehead atoms. The Hall–Kier alpha value is -1.56. The topological polar surface area (TPSA) is 40.5 Å². The molecule has 148 valence electrons. The van der Waals surface area contributed by atoms with Gasteiger partial charge >= 0.3 is 6.18 Å². The fourth-order valence-electron chi connectivity index (χ4n) is 5.44. The summed E-state index contributed by atoms with van der Waals surface area (Å²) in [6.45, 7) is 4.86. The first-order chi connectivity index (χ1) is 12.5. The third kappa shape index (κ3) is 3.37. The van der Waals surface area contributed by atoms with Crippen molar-refractivity contribution >= 4 is 5.91 Å². The van der Waals surface area contributed by atoms with Gasteiger partial charge in [0.05, 0.1) is 11.2 Å². The van der Waals surface area contributed by atoms with Crippen LogP contribution in [0.1, 0.15) is 49.3 Å². The number of benzene rings is 1. The van der Waals surface area contributed by atoms with E-state index in [1.807, 2.05) is 4.90 Å². The lowest BCUT2D eigenvalue weighted by Gasteiger charge is -2.60. The predicted octanol–water partition coefficient (Wildman–Crippen LogP) is 3.96. The van der Waals surface area contributed by atoms with Crippen LogP contribution >= 0.6 is 0 Å². The number of hydrogen-bond acceptors (Lipinski definition) is 2. The van der Waals surface area contributed by atoms with E-state index in [0.29, 0.717) is 30.7 Å². The van der Waals surface area contributed by atoms with Crippen molar-refractivity contribution in [1.82, 2.24) is 4.90 Å². The minimum absolute atomic E-state index is 0.0408. The number of carbonyl (C=O) groups is 1. The van der Waals surface area contributed by atoms with Crippen molar-refractivity contribution in [1.29, 1.82) is 0 Å². The summed E-state index contributed by atoms with van der Waals surface area (Å²) in [4.78, 5) is 14.3. The first kappa shape index (κ1) is 18.8. The zero-order valence-electron chi connectivity index (χ0n) is 15.8. The molecule has 27 heavy (non-hydrogen) atoms. The monoisotopic (exact) mass is 381 g/mol. The molecule has 0 unspecified atom stereocenters. The van der Waals surface area contributed by atoms with Crippen LogP contribution in [0.2, 0.25) is 0 Å². The Labute approximate surface area is 157 Å². The van der Waals surface area contributed by atoms with Gasteiger partial charge < -0.3 is 10.0 Å². The number of carbonyl (C=O) groups excluding carboxylic acids is 1. The summed E-state index contributed by atoms with van der Waals surface area (Å²) in [7, 11) is 0. The van der Waals surface area contributed by atoms with Gasteiger partial charge in [-0.2, -0.15) is 13.2 Å². The van der Waals surface area contributed by atoms with E-state index in [1.165, 1.54) is 6.07 Å². The van der Waals surface area contributed by atoms with Crippen molar-refractivity contribution in [2.75, 3.05) is 13.1 Å². The van der Waals surface area contributed by atoms with E-state index in [9.17, 15) is 23.1 Å². The summed E-state index contributed by atoms with van der Waals surface area (Å²) in [5, 5.41) is 9.79. The Kier molecular flexibility index (Phi) is 4.15. The van der Waals surface area contributed by atoms with Crippen molar-refractivity contribution < 1.29 is 23.1 Å². The lowest BCUT2D eigenvalue weighted by molar-refractivity contribution is -0.171. The van der Waals surface area contributed by atoms with Crippen molar-refractivity contribution in [3.05, 3.63) is 34.9 Å². The van der Waals surface area contributed by atoms with E-state index >= 15 is 0 Å². The molecule has 1 aromatic rings. The SMILES string of the molecule is Cc1c(CC2CC3(C2)CN(C(=O)[C@H]2C[C@@](C)(O)C2)C3)cccc1C(F)(F)F. The number of aliphatic hydroxyl groups is 1. The standard InChI is InChI=1S/C21H26F3NO2/c1-13-15(4-3-5-17(13)21(22,23)24)6-14-7-20(8-14)11-25(12-20)18(26)16-9-19(2,27)10-16/h3-5,14,16,27H,6-12H2,1-2H3/t16-,19+. The van der Waals surface area contributed by atoms with Gasteiger partial charge in [0, 0.05) is 24.4 Å². The molecule has 1 aliphatic heterocycles. The van der Waals surface area contributed by atoms with Crippen LogP contribution in [0.3, 0.4) is 0 Å². The maximum Gasteiger partial charge on any atom is 0.416 e. The normalized spacial score (nSPS) is 29.9. The zero-order chi connectivity index (χ0) is 19.6. The van der Waals surface area contributed by atoms with Crippen molar-refractivity contribution in [2.45, 2.75) is 57.7 Å². The number of rotatable bonds is 3. The molecule has 3 aliphatic rings. The average Bonchev–Trinajstić information content (AvgIpc) is 2.45.